The molecule has 0 spiro atoms. The Kier molecular flexibility index (Phi) is 3.25. The van der Waals surface area contributed by atoms with Crippen molar-refractivity contribution in [2.75, 3.05) is 11.6 Å². The van der Waals surface area contributed by atoms with Crippen LogP contribution >= 0.6 is 0 Å². The Labute approximate surface area is 121 Å². The molecule has 1 amide bonds. The van der Waals surface area contributed by atoms with Gasteiger partial charge in [-0.05, 0) is 31.0 Å². The summed E-state index contributed by atoms with van der Waals surface area (Å²) in [5.74, 6) is -0.435. The van der Waals surface area contributed by atoms with Crippen LogP contribution in [-0.2, 0) is 22.8 Å². The summed E-state index contributed by atoms with van der Waals surface area (Å²) in [6.45, 7) is 0.810. The normalized spacial score (nSPS) is 14.0. The predicted octanol–water partition coefficient (Wildman–Crippen LogP) is 0.880. The number of carbonyl (C=O) groups is 1. The quantitative estimate of drug-likeness (QED) is 0.908. The van der Waals surface area contributed by atoms with Crippen LogP contribution in [0.3, 0.4) is 0 Å². The van der Waals surface area contributed by atoms with Crippen LogP contribution in [0.4, 0.5) is 5.69 Å². The lowest BCUT2D eigenvalue weighted by molar-refractivity contribution is 0.102. The van der Waals surface area contributed by atoms with Gasteiger partial charge >= 0.3 is 0 Å². The number of nitrogens with zero attached hydrogens (tertiary/aromatic N) is 3. The molecule has 3 rings (SSSR count). The Morgan fingerprint density at radius 2 is 2.24 bits per heavy atom. The number of hydrogen-bond donors (Lipinski definition) is 1. The smallest absolute Gasteiger partial charge is 0.276 e. The van der Waals surface area contributed by atoms with E-state index in [-0.39, 0.29) is 16.4 Å². The maximum Gasteiger partial charge on any atom is 0.276 e. The molecule has 7 nitrogen and oxygen atoms in total. The number of amides is 1. The summed E-state index contributed by atoms with van der Waals surface area (Å²) >= 11 is 0. The molecule has 1 N–H and O–H groups in total. The topological polar surface area (TPSA) is 94.0 Å². The van der Waals surface area contributed by atoms with Crippen molar-refractivity contribution in [3.8, 4) is 0 Å². The van der Waals surface area contributed by atoms with Crippen molar-refractivity contribution in [2.45, 2.75) is 24.4 Å². The molecule has 3 heterocycles. The zero-order chi connectivity index (χ0) is 15.0. The summed E-state index contributed by atoms with van der Waals surface area (Å²) in [4.78, 5) is 16.0. The van der Waals surface area contributed by atoms with Crippen molar-refractivity contribution in [1.29, 1.82) is 0 Å². The van der Waals surface area contributed by atoms with Crippen LogP contribution in [0.15, 0.2) is 29.4 Å². The second-order valence-corrected chi connectivity index (χ2v) is 6.86. The molecule has 8 heteroatoms. The van der Waals surface area contributed by atoms with E-state index in [0.717, 1.165) is 31.3 Å². The molecule has 0 aliphatic carbocycles. The number of sulfone groups is 1. The Balaban J connectivity index is 1.88. The maximum absolute atomic E-state index is 12.2. The number of pyridine rings is 1. The molecule has 1 aliphatic heterocycles. The molecule has 2 aromatic rings. The lowest BCUT2D eigenvalue weighted by Crippen LogP contribution is -2.16. The largest absolute Gasteiger partial charge is 0.318 e. The molecule has 0 aromatic carbocycles. The molecule has 0 fully saturated rings. The van der Waals surface area contributed by atoms with Crippen LogP contribution in [0.2, 0.25) is 0 Å². The number of aromatic nitrogens is 3. The lowest BCUT2D eigenvalue weighted by atomic mass is 10.2. The van der Waals surface area contributed by atoms with E-state index in [1.54, 1.807) is 16.8 Å². The van der Waals surface area contributed by atoms with Gasteiger partial charge in [0.25, 0.3) is 5.91 Å². The second kappa shape index (κ2) is 4.96. The first-order chi connectivity index (χ1) is 9.95. The van der Waals surface area contributed by atoms with Gasteiger partial charge in [0.05, 0.1) is 5.69 Å². The van der Waals surface area contributed by atoms with Gasteiger partial charge in [-0.1, -0.05) is 0 Å². The maximum atomic E-state index is 12.2. The number of nitrogens with one attached hydrogen (secondary N) is 1. The van der Waals surface area contributed by atoms with Gasteiger partial charge in [-0.15, -0.1) is 0 Å². The molecule has 0 saturated carbocycles. The third kappa shape index (κ3) is 2.66. The van der Waals surface area contributed by atoms with E-state index < -0.39 is 15.7 Å². The van der Waals surface area contributed by atoms with Crippen LogP contribution in [0, 0.1) is 0 Å². The van der Waals surface area contributed by atoms with Gasteiger partial charge < -0.3 is 5.32 Å². The van der Waals surface area contributed by atoms with Gasteiger partial charge in [0.1, 0.15) is 0 Å². The van der Waals surface area contributed by atoms with E-state index in [2.05, 4.69) is 15.4 Å². The average molecular weight is 306 g/mol. The fourth-order valence-electron chi connectivity index (χ4n) is 2.34. The number of anilines is 1. The summed E-state index contributed by atoms with van der Waals surface area (Å²) in [5.41, 5.74) is 1.47. The molecule has 0 bridgehead atoms. The highest BCUT2D eigenvalue weighted by molar-refractivity contribution is 7.90. The Bertz CT molecular complexity index is 789. The minimum Gasteiger partial charge on any atom is -0.318 e. The van der Waals surface area contributed by atoms with Crippen molar-refractivity contribution < 1.29 is 13.2 Å². The lowest BCUT2D eigenvalue weighted by Gasteiger charge is -2.07. The third-order valence-corrected chi connectivity index (χ3v) is 4.30. The number of carbonyl (C=O) groups excluding carboxylic acids is 1. The summed E-state index contributed by atoms with van der Waals surface area (Å²) in [5, 5.41) is 6.63. The molecule has 0 atom stereocenters. The van der Waals surface area contributed by atoms with Gasteiger partial charge in [-0.3, -0.25) is 9.48 Å². The van der Waals surface area contributed by atoms with Gasteiger partial charge in [-0.25, -0.2) is 13.4 Å². The van der Waals surface area contributed by atoms with Gasteiger partial charge in [0.2, 0.25) is 0 Å². The number of rotatable bonds is 3. The number of fused-ring (bicyclic) bond motifs is 1. The van der Waals surface area contributed by atoms with E-state index in [1.807, 2.05) is 0 Å². The summed E-state index contributed by atoms with van der Waals surface area (Å²) < 4.78 is 25.1. The van der Waals surface area contributed by atoms with Crippen molar-refractivity contribution in [1.82, 2.24) is 14.8 Å². The van der Waals surface area contributed by atoms with Crippen LogP contribution in [0.1, 0.15) is 22.6 Å². The zero-order valence-electron chi connectivity index (χ0n) is 11.4. The molecule has 2 aromatic heterocycles. The van der Waals surface area contributed by atoms with E-state index in [0.29, 0.717) is 0 Å². The Morgan fingerprint density at radius 3 is 2.95 bits per heavy atom. The highest BCUT2D eigenvalue weighted by Crippen LogP contribution is 2.20. The first kappa shape index (κ1) is 13.7. The standard InChI is InChI=1S/C13H14N4O3S/c1-21(19,20)13-10(5-2-6-14-13)15-12(18)11-8-9-4-3-7-17(9)16-11/h2,5-6,8H,3-4,7H2,1H3,(H,15,18). The minimum atomic E-state index is -3.51. The first-order valence-electron chi connectivity index (χ1n) is 6.48. The fraction of sp³-hybridized carbons (Fsp3) is 0.308. The van der Waals surface area contributed by atoms with Crippen LogP contribution in [0.5, 0.6) is 0 Å². The van der Waals surface area contributed by atoms with Crippen molar-refractivity contribution >= 4 is 21.4 Å². The van der Waals surface area contributed by atoms with Gasteiger partial charge in [0, 0.05) is 24.7 Å². The highest BCUT2D eigenvalue weighted by Gasteiger charge is 2.21. The summed E-state index contributed by atoms with van der Waals surface area (Å²) in [7, 11) is -3.51. The third-order valence-electron chi connectivity index (χ3n) is 3.27. The molecule has 0 radical (unpaired) electrons. The average Bonchev–Trinajstić information content (AvgIpc) is 2.98. The Morgan fingerprint density at radius 1 is 1.43 bits per heavy atom. The zero-order valence-corrected chi connectivity index (χ0v) is 12.2. The number of hydrogen-bond acceptors (Lipinski definition) is 5. The molecule has 110 valence electrons. The van der Waals surface area contributed by atoms with E-state index in [4.69, 9.17) is 0 Å². The highest BCUT2D eigenvalue weighted by atomic mass is 32.2. The van der Waals surface area contributed by atoms with Crippen molar-refractivity contribution in [3.05, 3.63) is 35.8 Å². The van der Waals surface area contributed by atoms with Crippen LogP contribution < -0.4 is 5.32 Å². The number of aryl methyl sites for hydroxylation is 2. The second-order valence-electron chi connectivity index (χ2n) is 4.93. The molecule has 1 aliphatic rings. The molecule has 0 unspecified atom stereocenters. The molecule has 21 heavy (non-hydrogen) atoms. The molecular formula is C13H14N4O3S. The SMILES string of the molecule is CS(=O)(=O)c1ncccc1NC(=O)c1cc2n(n1)CCC2. The first-order valence-corrected chi connectivity index (χ1v) is 8.37. The van der Waals surface area contributed by atoms with Crippen molar-refractivity contribution in [2.24, 2.45) is 0 Å². The van der Waals surface area contributed by atoms with Crippen molar-refractivity contribution in [3.63, 3.8) is 0 Å². The summed E-state index contributed by atoms with van der Waals surface area (Å²) in [6.07, 6.45) is 4.36. The predicted molar refractivity (Wildman–Crippen MR) is 75.8 cm³/mol. The molecular weight excluding hydrogens is 292 g/mol. The minimum absolute atomic E-state index is 0.148. The van der Waals surface area contributed by atoms with E-state index >= 15 is 0 Å². The van der Waals surface area contributed by atoms with Gasteiger partial charge in [-0.2, -0.15) is 5.10 Å². The van der Waals surface area contributed by atoms with Gasteiger partial charge in [0.15, 0.2) is 20.6 Å². The van der Waals surface area contributed by atoms with E-state index in [9.17, 15) is 13.2 Å². The van der Waals surface area contributed by atoms with E-state index in [1.165, 1.54) is 12.3 Å². The van der Waals surface area contributed by atoms with Crippen LogP contribution in [-0.4, -0.2) is 35.3 Å². The monoisotopic (exact) mass is 306 g/mol. The fourth-order valence-corrected chi connectivity index (χ4v) is 3.11. The Hall–Kier alpha value is -2.22. The molecule has 0 saturated heterocycles. The summed E-state index contributed by atoms with van der Waals surface area (Å²) in [6, 6.07) is 4.81. The van der Waals surface area contributed by atoms with Crippen LogP contribution in [0.25, 0.3) is 0 Å².